The average Bonchev–Trinajstić information content (AvgIpc) is 3.62. The zero-order valence-corrected chi connectivity index (χ0v) is 24.4. The normalized spacial score (nSPS) is 25.5. The van der Waals surface area contributed by atoms with Crippen LogP contribution in [0.15, 0.2) is 58.7 Å². The van der Waals surface area contributed by atoms with Crippen molar-refractivity contribution in [2.45, 2.75) is 83.2 Å². The van der Waals surface area contributed by atoms with Crippen LogP contribution in [0.25, 0.3) is 22.2 Å². The minimum absolute atomic E-state index is 0.0483. The van der Waals surface area contributed by atoms with E-state index in [0.29, 0.717) is 17.6 Å². The van der Waals surface area contributed by atoms with E-state index in [2.05, 4.69) is 60.1 Å². The van der Waals surface area contributed by atoms with Gasteiger partial charge in [-0.1, -0.05) is 13.0 Å². The quantitative estimate of drug-likeness (QED) is 0.270. The van der Waals surface area contributed by atoms with Gasteiger partial charge in [0, 0.05) is 49.6 Å². The Labute approximate surface area is 240 Å². The molecule has 2 aliphatic carbocycles. The number of allylic oxidation sites excluding steroid dienone is 2. The highest BCUT2D eigenvalue weighted by molar-refractivity contribution is 5.80. The summed E-state index contributed by atoms with van der Waals surface area (Å²) in [6.07, 6.45) is 15.2. The first kappa shape index (κ1) is 26.3. The fraction of sp³-hybridized carbons (Fsp3) is 0.485. The standard InChI is InChI=1S/C33H40N6O2/c1-4-22-8-5-6-9-25(19-29(22)41-26-18-21(2)30-27(20-26)35-31(36-30)23-11-12-23)39(3)16-13-24(14-17-39)38-28-10-7-15-34-32(28)37-33(38)40/h7-8,10,15,18-20,23-25H,4-6,9,11-14,16-17H2,1-3H3,(H-,34,35,36,37,40)/p+1. The number of piperidine rings is 1. The summed E-state index contributed by atoms with van der Waals surface area (Å²) >= 11 is 0. The molecule has 8 nitrogen and oxygen atoms in total. The van der Waals surface area contributed by atoms with E-state index in [9.17, 15) is 4.79 Å². The molecular weight excluding hydrogens is 512 g/mol. The first-order chi connectivity index (χ1) is 19.9. The molecule has 214 valence electrons. The van der Waals surface area contributed by atoms with Crippen molar-refractivity contribution in [2.75, 3.05) is 20.1 Å². The molecule has 1 atom stereocenters. The summed E-state index contributed by atoms with van der Waals surface area (Å²) in [5.74, 6) is 3.58. The maximum absolute atomic E-state index is 12.8. The Balaban J connectivity index is 1.15. The highest BCUT2D eigenvalue weighted by Gasteiger charge is 2.38. The number of hydrogen-bond donors (Lipinski definition) is 2. The van der Waals surface area contributed by atoms with E-state index in [1.54, 1.807) is 6.20 Å². The lowest BCUT2D eigenvalue weighted by Crippen LogP contribution is -2.56. The summed E-state index contributed by atoms with van der Waals surface area (Å²) in [5.41, 5.74) is 6.09. The minimum atomic E-state index is -0.0483. The predicted molar refractivity (Wildman–Crippen MR) is 162 cm³/mol. The van der Waals surface area contributed by atoms with Crippen molar-refractivity contribution in [1.82, 2.24) is 24.5 Å². The van der Waals surface area contributed by atoms with Gasteiger partial charge in [0.25, 0.3) is 0 Å². The van der Waals surface area contributed by atoms with E-state index in [4.69, 9.17) is 9.72 Å². The summed E-state index contributed by atoms with van der Waals surface area (Å²) in [5, 5.41) is 0. The van der Waals surface area contributed by atoms with Crippen molar-refractivity contribution in [3.8, 4) is 5.75 Å². The molecule has 7 rings (SSSR count). The predicted octanol–water partition coefficient (Wildman–Crippen LogP) is 6.42. The van der Waals surface area contributed by atoms with Gasteiger partial charge in [0.15, 0.2) is 5.65 Å². The van der Waals surface area contributed by atoms with Crippen LogP contribution in [0.1, 0.15) is 81.6 Å². The zero-order chi connectivity index (χ0) is 28.1. The number of imidazole rings is 2. The van der Waals surface area contributed by atoms with Crippen LogP contribution >= 0.6 is 0 Å². The summed E-state index contributed by atoms with van der Waals surface area (Å²) < 4.78 is 9.67. The lowest BCUT2D eigenvalue weighted by Gasteiger charge is -2.45. The van der Waals surface area contributed by atoms with Gasteiger partial charge in [-0.3, -0.25) is 9.55 Å². The van der Waals surface area contributed by atoms with Gasteiger partial charge in [-0.15, -0.1) is 0 Å². The van der Waals surface area contributed by atoms with Crippen LogP contribution in [-0.4, -0.2) is 55.2 Å². The Morgan fingerprint density at radius 3 is 2.73 bits per heavy atom. The number of likely N-dealkylation sites (N-methyl/N-ethyl adjacent to an activating group) is 1. The van der Waals surface area contributed by atoms with Crippen molar-refractivity contribution in [2.24, 2.45) is 0 Å². The molecule has 1 saturated heterocycles. The first-order valence-corrected chi connectivity index (χ1v) is 15.4. The van der Waals surface area contributed by atoms with Gasteiger partial charge in [-0.2, -0.15) is 0 Å². The first-order valence-electron chi connectivity index (χ1n) is 15.4. The van der Waals surface area contributed by atoms with E-state index in [1.807, 2.05) is 16.7 Å². The van der Waals surface area contributed by atoms with Crippen LogP contribution in [0.2, 0.25) is 0 Å². The molecule has 4 aromatic rings. The number of likely N-dealkylation sites (tertiary alicyclic amines) is 1. The second-order valence-electron chi connectivity index (χ2n) is 12.6. The molecule has 4 heterocycles. The fourth-order valence-corrected chi connectivity index (χ4v) is 7.05. The van der Waals surface area contributed by atoms with E-state index in [-0.39, 0.29) is 11.7 Å². The van der Waals surface area contributed by atoms with Gasteiger partial charge in [-0.05, 0) is 68.4 Å². The van der Waals surface area contributed by atoms with E-state index in [0.717, 1.165) is 89.1 Å². The van der Waals surface area contributed by atoms with E-state index in [1.165, 1.54) is 24.8 Å². The molecule has 2 N–H and O–H groups in total. The molecular formula is C33H41N6O2+. The monoisotopic (exact) mass is 553 g/mol. The molecule has 0 amide bonds. The van der Waals surface area contributed by atoms with Crippen LogP contribution in [0.5, 0.6) is 5.75 Å². The van der Waals surface area contributed by atoms with Gasteiger partial charge in [0.2, 0.25) is 0 Å². The molecule has 41 heavy (non-hydrogen) atoms. The van der Waals surface area contributed by atoms with Crippen molar-refractivity contribution in [1.29, 1.82) is 0 Å². The second kappa shape index (κ2) is 10.3. The molecule has 0 radical (unpaired) electrons. The Morgan fingerprint density at radius 1 is 1.12 bits per heavy atom. The van der Waals surface area contributed by atoms with Gasteiger partial charge < -0.3 is 14.2 Å². The number of nitrogens with one attached hydrogen (secondary N) is 2. The third-order valence-electron chi connectivity index (χ3n) is 9.70. The zero-order valence-electron chi connectivity index (χ0n) is 24.4. The van der Waals surface area contributed by atoms with Crippen molar-refractivity contribution < 1.29 is 9.22 Å². The Bertz CT molecular complexity index is 1710. The third-order valence-corrected chi connectivity index (χ3v) is 9.70. The Kier molecular flexibility index (Phi) is 6.61. The van der Waals surface area contributed by atoms with Crippen LogP contribution in [0.3, 0.4) is 0 Å². The van der Waals surface area contributed by atoms with E-state index < -0.39 is 0 Å². The molecule has 2 fully saturated rings. The van der Waals surface area contributed by atoms with Crippen molar-refractivity contribution in [3.63, 3.8) is 0 Å². The number of benzene rings is 1. The molecule has 1 aliphatic heterocycles. The maximum atomic E-state index is 12.8. The topological polar surface area (TPSA) is 88.6 Å². The molecule has 0 bridgehead atoms. The van der Waals surface area contributed by atoms with Crippen molar-refractivity contribution in [3.05, 3.63) is 75.8 Å². The molecule has 1 unspecified atom stereocenters. The molecule has 0 spiro atoms. The van der Waals surface area contributed by atoms with Crippen LogP contribution in [0, 0.1) is 6.92 Å². The number of aromatic amines is 2. The SMILES string of the molecule is CCC1=CCCCC([N+]2(C)CCC(n3c(=O)[nH]c4ncccc43)CC2)C=C1Oc1cc(C)c2nc(C3CC3)[nH]c2c1. The van der Waals surface area contributed by atoms with Gasteiger partial charge >= 0.3 is 5.69 Å². The van der Waals surface area contributed by atoms with Gasteiger partial charge in [-0.25, -0.2) is 14.8 Å². The summed E-state index contributed by atoms with van der Waals surface area (Å²) in [6.45, 7) is 6.39. The summed E-state index contributed by atoms with van der Waals surface area (Å²) in [7, 11) is 2.39. The highest BCUT2D eigenvalue weighted by atomic mass is 16.5. The van der Waals surface area contributed by atoms with Crippen LogP contribution in [-0.2, 0) is 0 Å². The average molecular weight is 554 g/mol. The number of nitrogens with zero attached hydrogens (tertiary/aromatic N) is 4. The van der Waals surface area contributed by atoms with Crippen LogP contribution in [0.4, 0.5) is 0 Å². The van der Waals surface area contributed by atoms with Gasteiger partial charge in [0.05, 0.1) is 36.7 Å². The second-order valence-corrected chi connectivity index (χ2v) is 12.6. The maximum Gasteiger partial charge on any atom is 0.327 e. The number of fused-ring (bicyclic) bond motifs is 2. The lowest BCUT2D eigenvalue weighted by molar-refractivity contribution is -0.932. The molecule has 8 heteroatoms. The highest BCUT2D eigenvalue weighted by Crippen LogP contribution is 2.40. The van der Waals surface area contributed by atoms with Gasteiger partial charge in [0.1, 0.15) is 23.4 Å². The minimum Gasteiger partial charge on any atom is -0.457 e. The number of quaternary nitrogens is 1. The third kappa shape index (κ3) is 4.92. The number of H-pyrrole nitrogens is 2. The number of ether oxygens (including phenoxy) is 1. The number of rotatable bonds is 6. The molecule has 3 aromatic heterocycles. The largest absolute Gasteiger partial charge is 0.457 e. The van der Waals surface area contributed by atoms with Crippen molar-refractivity contribution >= 4 is 22.2 Å². The summed E-state index contributed by atoms with van der Waals surface area (Å²) in [4.78, 5) is 28.6. The fourth-order valence-electron chi connectivity index (χ4n) is 7.05. The molecule has 1 saturated carbocycles. The molecule has 3 aliphatic rings. The number of aromatic nitrogens is 5. The number of hydrogen-bond acceptors (Lipinski definition) is 4. The number of aryl methyl sites for hydroxylation is 1. The Morgan fingerprint density at radius 2 is 1.95 bits per heavy atom. The molecule has 1 aromatic carbocycles. The van der Waals surface area contributed by atoms with Crippen LogP contribution < -0.4 is 10.4 Å². The smallest absolute Gasteiger partial charge is 0.327 e. The van der Waals surface area contributed by atoms with E-state index >= 15 is 0 Å². The summed E-state index contributed by atoms with van der Waals surface area (Å²) in [6, 6.07) is 8.72. The number of pyridine rings is 1. The lowest BCUT2D eigenvalue weighted by atomic mass is 9.93. The Hall–Kier alpha value is -3.65.